The minimum Gasteiger partial charge on any atom is -0.358 e. The number of aryl methyl sites for hydroxylation is 1. The van der Waals surface area contributed by atoms with Crippen molar-refractivity contribution in [1.82, 2.24) is 15.1 Å². The average molecular weight is 319 g/mol. The van der Waals surface area contributed by atoms with Gasteiger partial charge in [-0.1, -0.05) is 13.8 Å². The van der Waals surface area contributed by atoms with E-state index < -0.39 is 4.92 Å². The van der Waals surface area contributed by atoms with Crippen molar-refractivity contribution in [2.75, 3.05) is 6.54 Å². The first-order valence-electron chi connectivity index (χ1n) is 5.54. The second kappa shape index (κ2) is 6.48. The Labute approximate surface area is 113 Å². The van der Waals surface area contributed by atoms with Gasteiger partial charge in [-0.3, -0.25) is 4.79 Å². The van der Waals surface area contributed by atoms with Gasteiger partial charge in [0.05, 0.1) is 17.8 Å². The summed E-state index contributed by atoms with van der Waals surface area (Å²) in [6.07, 6.45) is 1.74. The molecule has 0 saturated carbocycles. The molecule has 1 aromatic heterocycles. The lowest BCUT2D eigenvalue weighted by Gasteiger charge is -2.06. The number of nitrogens with one attached hydrogen (secondary N) is 1. The topological polar surface area (TPSA) is 90.1 Å². The molecule has 0 aliphatic heterocycles. The third-order valence-electron chi connectivity index (χ3n) is 2.15. The zero-order valence-electron chi connectivity index (χ0n) is 10.2. The van der Waals surface area contributed by atoms with E-state index in [1.807, 2.05) is 13.8 Å². The SMILES string of the molecule is CC(C)CNC(=O)CCn1cc(Br)c([N+](=O)[O-])n1. The first kappa shape index (κ1) is 14.6. The molecule has 0 radical (unpaired) electrons. The quantitative estimate of drug-likeness (QED) is 0.638. The molecule has 0 spiro atoms. The standard InChI is InChI=1S/C10H15BrN4O3/c1-7(2)5-12-9(16)3-4-14-6-8(11)10(13-14)15(17)18/h6-7H,3-5H2,1-2H3,(H,12,16). The van der Waals surface area contributed by atoms with Gasteiger partial charge in [-0.25, -0.2) is 0 Å². The van der Waals surface area contributed by atoms with Crippen LogP contribution in [0, 0.1) is 16.0 Å². The van der Waals surface area contributed by atoms with Gasteiger partial charge < -0.3 is 15.4 Å². The highest BCUT2D eigenvalue weighted by Gasteiger charge is 2.18. The Bertz CT molecular complexity index is 444. The number of amides is 1. The summed E-state index contributed by atoms with van der Waals surface area (Å²) < 4.78 is 1.70. The van der Waals surface area contributed by atoms with Crippen LogP contribution in [0.5, 0.6) is 0 Å². The van der Waals surface area contributed by atoms with E-state index in [2.05, 4.69) is 26.3 Å². The van der Waals surface area contributed by atoms with Gasteiger partial charge in [-0.2, -0.15) is 4.68 Å². The molecule has 0 aliphatic carbocycles. The number of hydrogen-bond acceptors (Lipinski definition) is 4. The monoisotopic (exact) mass is 318 g/mol. The van der Waals surface area contributed by atoms with Crippen molar-refractivity contribution in [3.8, 4) is 0 Å². The second-order valence-corrected chi connectivity index (χ2v) is 5.12. The molecular weight excluding hydrogens is 304 g/mol. The third-order valence-corrected chi connectivity index (χ3v) is 2.71. The number of carbonyl (C=O) groups excluding carboxylic acids is 1. The van der Waals surface area contributed by atoms with Crippen LogP contribution < -0.4 is 5.32 Å². The van der Waals surface area contributed by atoms with Crippen LogP contribution in [-0.4, -0.2) is 27.2 Å². The van der Waals surface area contributed by atoms with Crippen LogP contribution in [0.1, 0.15) is 20.3 Å². The third kappa shape index (κ3) is 4.44. The van der Waals surface area contributed by atoms with Gasteiger partial charge in [0.25, 0.3) is 0 Å². The summed E-state index contributed by atoms with van der Waals surface area (Å²) in [6.45, 7) is 4.96. The van der Waals surface area contributed by atoms with Crippen molar-refractivity contribution in [1.29, 1.82) is 0 Å². The van der Waals surface area contributed by atoms with Crippen molar-refractivity contribution in [3.05, 3.63) is 20.8 Å². The molecule has 18 heavy (non-hydrogen) atoms. The van der Waals surface area contributed by atoms with E-state index in [0.717, 1.165) is 0 Å². The van der Waals surface area contributed by atoms with Crippen LogP contribution >= 0.6 is 15.9 Å². The first-order chi connectivity index (χ1) is 8.40. The van der Waals surface area contributed by atoms with E-state index in [4.69, 9.17) is 0 Å². The van der Waals surface area contributed by atoms with Gasteiger partial charge in [0.15, 0.2) is 0 Å². The number of nitro groups is 1. The molecule has 0 saturated heterocycles. The van der Waals surface area contributed by atoms with Crippen LogP contribution in [0.15, 0.2) is 10.7 Å². The molecule has 8 heteroatoms. The zero-order valence-corrected chi connectivity index (χ0v) is 11.8. The van der Waals surface area contributed by atoms with Crippen LogP contribution in [0.4, 0.5) is 5.82 Å². The van der Waals surface area contributed by atoms with Gasteiger partial charge in [-0.05, 0) is 26.8 Å². The molecule has 0 aliphatic rings. The van der Waals surface area contributed by atoms with Crippen molar-refractivity contribution < 1.29 is 9.72 Å². The Kier molecular flexibility index (Phi) is 5.26. The number of hydrogen-bond donors (Lipinski definition) is 1. The molecule has 7 nitrogen and oxygen atoms in total. The van der Waals surface area contributed by atoms with E-state index in [1.165, 1.54) is 10.9 Å². The number of halogens is 1. The van der Waals surface area contributed by atoms with Gasteiger partial charge in [0, 0.05) is 13.0 Å². The van der Waals surface area contributed by atoms with Crippen molar-refractivity contribution >= 4 is 27.7 Å². The summed E-state index contributed by atoms with van der Waals surface area (Å²) in [7, 11) is 0. The van der Waals surface area contributed by atoms with Crippen LogP contribution in [0.3, 0.4) is 0 Å². The highest BCUT2D eigenvalue weighted by atomic mass is 79.9. The number of carbonyl (C=O) groups is 1. The minimum absolute atomic E-state index is 0.0852. The predicted octanol–water partition coefficient (Wildman–Crippen LogP) is 1.72. The largest absolute Gasteiger partial charge is 0.404 e. The van der Waals surface area contributed by atoms with Crippen LogP contribution in [-0.2, 0) is 11.3 Å². The highest BCUT2D eigenvalue weighted by Crippen LogP contribution is 2.21. The van der Waals surface area contributed by atoms with Gasteiger partial charge >= 0.3 is 5.82 Å². The Morgan fingerprint density at radius 2 is 2.33 bits per heavy atom. The molecule has 1 rings (SSSR count). The van der Waals surface area contributed by atoms with Crippen molar-refractivity contribution in [2.45, 2.75) is 26.8 Å². The van der Waals surface area contributed by atoms with Crippen LogP contribution in [0.2, 0.25) is 0 Å². The molecule has 0 fully saturated rings. The number of nitrogens with zero attached hydrogens (tertiary/aromatic N) is 3. The number of aromatic nitrogens is 2. The summed E-state index contributed by atoms with van der Waals surface area (Å²) >= 11 is 3.05. The fourth-order valence-corrected chi connectivity index (χ4v) is 1.71. The van der Waals surface area contributed by atoms with Crippen LogP contribution in [0.25, 0.3) is 0 Å². The maximum Gasteiger partial charge on any atom is 0.404 e. The predicted molar refractivity (Wildman–Crippen MR) is 69.0 cm³/mol. The van der Waals surface area contributed by atoms with Crippen molar-refractivity contribution in [3.63, 3.8) is 0 Å². The Morgan fingerprint density at radius 1 is 1.67 bits per heavy atom. The smallest absolute Gasteiger partial charge is 0.358 e. The zero-order chi connectivity index (χ0) is 13.7. The summed E-state index contributed by atoms with van der Waals surface area (Å²) in [5, 5.41) is 17.1. The minimum atomic E-state index is -0.570. The fourth-order valence-electron chi connectivity index (χ4n) is 1.25. The Balaban J connectivity index is 2.46. The Morgan fingerprint density at radius 3 is 2.83 bits per heavy atom. The molecule has 1 amide bonds. The lowest BCUT2D eigenvalue weighted by molar-refractivity contribution is -0.390. The van der Waals surface area contributed by atoms with Gasteiger partial charge in [-0.15, -0.1) is 0 Å². The van der Waals surface area contributed by atoms with E-state index in [0.29, 0.717) is 23.5 Å². The summed E-state index contributed by atoms with van der Waals surface area (Å²) in [5.41, 5.74) is 0. The summed E-state index contributed by atoms with van der Waals surface area (Å²) in [4.78, 5) is 21.4. The summed E-state index contributed by atoms with van der Waals surface area (Å²) in [6, 6.07) is 0. The van der Waals surface area contributed by atoms with Gasteiger partial charge in [0.1, 0.15) is 4.47 Å². The average Bonchev–Trinajstić information content (AvgIpc) is 2.65. The molecule has 1 N–H and O–H groups in total. The maximum atomic E-state index is 11.4. The molecule has 0 atom stereocenters. The molecule has 0 bridgehead atoms. The second-order valence-electron chi connectivity index (χ2n) is 4.27. The normalized spacial score (nSPS) is 10.7. The maximum absolute atomic E-state index is 11.4. The molecule has 1 heterocycles. The molecule has 100 valence electrons. The fraction of sp³-hybridized carbons (Fsp3) is 0.600. The lowest BCUT2D eigenvalue weighted by atomic mass is 10.2. The van der Waals surface area contributed by atoms with E-state index in [9.17, 15) is 14.9 Å². The van der Waals surface area contributed by atoms with Crippen molar-refractivity contribution in [2.24, 2.45) is 5.92 Å². The molecular formula is C10H15BrN4O3. The van der Waals surface area contributed by atoms with E-state index in [1.54, 1.807) is 0 Å². The van der Waals surface area contributed by atoms with E-state index in [-0.39, 0.29) is 18.1 Å². The molecule has 0 unspecified atom stereocenters. The highest BCUT2D eigenvalue weighted by molar-refractivity contribution is 9.10. The lowest BCUT2D eigenvalue weighted by Crippen LogP contribution is -2.28. The molecule has 0 aromatic carbocycles. The first-order valence-corrected chi connectivity index (χ1v) is 6.33. The summed E-state index contributed by atoms with van der Waals surface area (Å²) in [5.74, 6) is 0.0736. The molecule has 1 aromatic rings. The van der Waals surface area contributed by atoms with E-state index >= 15 is 0 Å². The number of rotatable bonds is 6. The van der Waals surface area contributed by atoms with Gasteiger partial charge in [0.2, 0.25) is 5.91 Å². The Hall–Kier alpha value is -1.44.